The zero-order chi connectivity index (χ0) is 27.1. The molecule has 0 aliphatic carbocycles. The van der Waals surface area contributed by atoms with Gasteiger partial charge in [-0.1, -0.05) is 0 Å². The molecule has 1 saturated heterocycles. The topological polar surface area (TPSA) is 115 Å². The Hall–Kier alpha value is -3.25. The van der Waals surface area contributed by atoms with Gasteiger partial charge in [0, 0.05) is 53.2 Å². The Bertz CT molecular complexity index is 1010. The molecule has 2 heterocycles. The van der Waals surface area contributed by atoms with Gasteiger partial charge in [0.15, 0.2) is 0 Å². The molecule has 37 heavy (non-hydrogen) atoms. The van der Waals surface area contributed by atoms with Crippen molar-refractivity contribution in [1.29, 1.82) is 0 Å². The van der Waals surface area contributed by atoms with Gasteiger partial charge in [0.2, 0.25) is 17.7 Å². The number of piperazine rings is 1. The van der Waals surface area contributed by atoms with Crippen LogP contribution >= 0.6 is 0 Å². The number of ether oxygens (including phenoxy) is 1. The third kappa shape index (κ3) is 7.39. The van der Waals surface area contributed by atoms with Crippen LogP contribution in [0, 0.1) is 5.82 Å². The minimum Gasteiger partial charge on any atom is -0.491 e. The van der Waals surface area contributed by atoms with Crippen LogP contribution in [0.15, 0.2) is 18.2 Å². The van der Waals surface area contributed by atoms with E-state index in [0.29, 0.717) is 32.7 Å². The molecule has 4 amide bonds. The number of nitrogens with one attached hydrogen (secondary N) is 2. The quantitative estimate of drug-likeness (QED) is 0.544. The van der Waals surface area contributed by atoms with Crippen molar-refractivity contribution in [3.63, 3.8) is 0 Å². The van der Waals surface area contributed by atoms with E-state index in [1.807, 2.05) is 19.0 Å². The number of fused-ring (bicyclic) bond motifs is 2. The van der Waals surface area contributed by atoms with E-state index in [9.17, 15) is 23.6 Å². The predicted molar refractivity (Wildman–Crippen MR) is 135 cm³/mol. The Morgan fingerprint density at radius 1 is 1.22 bits per heavy atom. The molecule has 2 N–H and O–H groups in total. The summed E-state index contributed by atoms with van der Waals surface area (Å²) in [7, 11) is 6.74. The zero-order valence-corrected chi connectivity index (χ0v) is 22.0. The van der Waals surface area contributed by atoms with Crippen molar-refractivity contribution in [3.05, 3.63) is 29.6 Å². The van der Waals surface area contributed by atoms with Gasteiger partial charge in [0.25, 0.3) is 5.91 Å². The maximum absolute atomic E-state index is 14.2. The zero-order valence-electron chi connectivity index (χ0n) is 22.0. The molecule has 1 aromatic carbocycles. The first-order valence-corrected chi connectivity index (χ1v) is 12.4. The van der Waals surface area contributed by atoms with Crippen molar-refractivity contribution in [2.45, 2.75) is 24.9 Å². The van der Waals surface area contributed by atoms with Crippen molar-refractivity contribution >= 4 is 23.6 Å². The SMILES string of the molecule is CN(C)CCNC(=O)[C@@H]1CCC(=O)N(C)CC(=O)N2CCNC[C@H]2COc2ccc(F)cc2C(=O)N1C. The lowest BCUT2D eigenvalue weighted by Crippen LogP contribution is -2.57. The number of amides is 4. The van der Waals surface area contributed by atoms with Gasteiger partial charge >= 0.3 is 0 Å². The summed E-state index contributed by atoms with van der Waals surface area (Å²) >= 11 is 0. The fraction of sp³-hybridized carbons (Fsp3) is 0.600. The highest BCUT2D eigenvalue weighted by atomic mass is 19.1. The van der Waals surface area contributed by atoms with E-state index in [1.54, 1.807) is 11.9 Å². The molecule has 1 aromatic rings. The van der Waals surface area contributed by atoms with Crippen LogP contribution in [0.25, 0.3) is 0 Å². The van der Waals surface area contributed by atoms with Crippen molar-refractivity contribution in [2.24, 2.45) is 0 Å². The number of halogens is 1. The number of rotatable bonds is 4. The third-order valence-corrected chi connectivity index (χ3v) is 6.65. The van der Waals surface area contributed by atoms with Gasteiger partial charge in [0.05, 0.1) is 18.2 Å². The van der Waals surface area contributed by atoms with Gasteiger partial charge < -0.3 is 35.0 Å². The first-order valence-electron chi connectivity index (χ1n) is 12.4. The molecule has 2 aliphatic rings. The molecular formula is C25H37FN6O5. The molecule has 1 fully saturated rings. The molecule has 0 aromatic heterocycles. The maximum atomic E-state index is 14.2. The summed E-state index contributed by atoms with van der Waals surface area (Å²) in [6.07, 6.45) is -0.0141. The average molecular weight is 521 g/mol. The highest BCUT2D eigenvalue weighted by Crippen LogP contribution is 2.24. The van der Waals surface area contributed by atoms with E-state index in [0.717, 1.165) is 6.07 Å². The largest absolute Gasteiger partial charge is 0.491 e. The second kappa shape index (κ2) is 12.8. The summed E-state index contributed by atoms with van der Waals surface area (Å²) in [5, 5.41) is 6.03. The lowest BCUT2D eigenvalue weighted by Gasteiger charge is -2.37. The Kier molecular flexibility index (Phi) is 9.81. The van der Waals surface area contributed by atoms with Crippen LogP contribution in [-0.2, 0) is 14.4 Å². The van der Waals surface area contributed by atoms with Gasteiger partial charge in [-0.15, -0.1) is 0 Å². The van der Waals surface area contributed by atoms with Gasteiger partial charge in [-0.05, 0) is 38.7 Å². The Morgan fingerprint density at radius 2 is 1.97 bits per heavy atom. The van der Waals surface area contributed by atoms with E-state index in [2.05, 4.69) is 10.6 Å². The molecule has 2 aliphatic heterocycles. The summed E-state index contributed by atoms with van der Waals surface area (Å²) < 4.78 is 20.2. The minimum absolute atomic E-state index is 0.0337. The summed E-state index contributed by atoms with van der Waals surface area (Å²) in [5.41, 5.74) is -0.0337. The van der Waals surface area contributed by atoms with Crippen LogP contribution in [0.1, 0.15) is 23.2 Å². The van der Waals surface area contributed by atoms with E-state index >= 15 is 0 Å². The molecule has 0 spiro atoms. The minimum atomic E-state index is -0.987. The predicted octanol–water partition coefficient (Wildman–Crippen LogP) is -0.624. The van der Waals surface area contributed by atoms with Crippen LogP contribution in [0.5, 0.6) is 5.75 Å². The van der Waals surface area contributed by atoms with E-state index in [1.165, 1.54) is 29.0 Å². The first kappa shape index (κ1) is 28.3. The summed E-state index contributed by atoms with van der Waals surface area (Å²) in [4.78, 5) is 58.7. The van der Waals surface area contributed by atoms with Gasteiger partial charge in [-0.3, -0.25) is 19.2 Å². The third-order valence-electron chi connectivity index (χ3n) is 6.65. The normalized spacial score (nSPS) is 22.1. The highest BCUT2D eigenvalue weighted by molar-refractivity contribution is 5.99. The summed E-state index contributed by atoms with van der Waals surface area (Å²) in [6, 6.07) is 2.33. The van der Waals surface area contributed by atoms with E-state index in [-0.39, 0.29) is 55.2 Å². The monoisotopic (exact) mass is 520 g/mol. The van der Waals surface area contributed by atoms with Gasteiger partial charge in [-0.25, -0.2) is 4.39 Å². The van der Waals surface area contributed by atoms with Crippen molar-refractivity contribution in [3.8, 4) is 5.75 Å². The lowest BCUT2D eigenvalue weighted by atomic mass is 10.1. The molecule has 0 radical (unpaired) electrons. The maximum Gasteiger partial charge on any atom is 0.258 e. The average Bonchev–Trinajstić information content (AvgIpc) is 2.86. The van der Waals surface area contributed by atoms with E-state index < -0.39 is 23.7 Å². The molecule has 0 unspecified atom stereocenters. The molecule has 0 bridgehead atoms. The van der Waals surface area contributed by atoms with Gasteiger partial charge in [-0.2, -0.15) is 0 Å². The van der Waals surface area contributed by atoms with Crippen LogP contribution in [0.3, 0.4) is 0 Å². The van der Waals surface area contributed by atoms with Crippen LogP contribution in [-0.4, -0.2) is 129 Å². The van der Waals surface area contributed by atoms with Crippen LogP contribution < -0.4 is 15.4 Å². The number of hydrogen-bond acceptors (Lipinski definition) is 7. The number of carbonyl (C=O) groups is 4. The smallest absolute Gasteiger partial charge is 0.258 e. The fourth-order valence-electron chi connectivity index (χ4n) is 4.40. The first-order chi connectivity index (χ1) is 17.6. The summed E-state index contributed by atoms with van der Waals surface area (Å²) in [6.45, 7) is 2.44. The number of nitrogens with zero attached hydrogens (tertiary/aromatic N) is 4. The fourth-order valence-corrected chi connectivity index (χ4v) is 4.40. The van der Waals surface area contributed by atoms with Crippen molar-refractivity contribution in [2.75, 3.05) is 74.1 Å². The second-order valence-corrected chi connectivity index (χ2v) is 9.71. The standard InChI is InChI=1S/C25H37FN6O5/c1-29(2)11-10-28-24(35)20-6-8-22(33)30(3)15-23(34)32-12-9-27-14-18(32)16-37-21-7-5-17(26)13-19(21)25(36)31(20)4/h5,7,13,18,20,27H,6,8-12,14-16H2,1-4H3,(H,28,35)/t18-,20-/m0/s1. The molecule has 11 nitrogen and oxygen atoms in total. The second-order valence-electron chi connectivity index (χ2n) is 9.71. The summed E-state index contributed by atoms with van der Waals surface area (Å²) in [5.74, 6) is -2.02. The molecule has 3 rings (SSSR count). The Morgan fingerprint density at radius 3 is 2.70 bits per heavy atom. The van der Waals surface area contributed by atoms with Crippen molar-refractivity contribution < 1.29 is 28.3 Å². The molecule has 2 atom stereocenters. The lowest BCUT2D eigenvalue weighted by molar-refractivity contribution is -0.142. The number of hydrogen-bond donors (Lipinski definition) is 2. The molecule has 0 saturated carbocycles. The van der Waals surface area contributed by atoms with Gasteiger partial charge in [0.1, 0.15) is 24.2 Å². The van der Waals surface area contributed by atoms with Crippen LogP contribution in [0.2, 0.25) is 0 Å². The van der Waals surface area contributed by atoms with E-state index in [4.69, 9.17) is 4.74 Å². The highest BCUT2D eigenvalue weighted by Gasteiger charge is 2.33. The molecule has 12 heteroatoms. The van der Waals surface area contributed by atoms with Crippen molar-refractivity contribution in [1.82, 2.24) is 30.2 Å². The number of benzene rings is 1. The molecular weight excluding hydrogens is 483 g/mol. The number of carbonyl (C=O) groups excluding carboxylic acids is 4. The Labute approximate surface area is 216 Å². The Balaban J connectivity index is 1.94. The molecule has 204 valence electrons. The number of likely N-dealkylation sites (N-methyl/N-ethyl adjacent to an activating group) is 3. The van der Waals surface area contributed by atoms with Crippen LogP contribution in [0.4, 0.5) is 4.39 Å².